The van der Waals surface area contributed by atoms with Gasteiger partial charge in [0.1, 0.15) is 6.61 Å². The van der Waals surface area contributed by atoms with Crippen LogP contribution >= 0.6 is 0 Å². The van der Waals surface area contributed by atoms with Gasteiger partial charge >= 0.3 is 6.09 Å². The molecule has 3 nitrogen and oxygen atoms in total. The Hall–Kier alpha value is -3.33. The molecule has 156 valence electrons. The van der Waals surface area contributed by atoms with E-state index < -0.39 is 0 Å². The maximum Gasteiger partial charge on any atom is 0.410 e. The van der Waals surface area contributed by atoms with Crippen LogP contribution in [0.4, 0.5) is 4.79 Å². The van der Waals surface area contributed by atoms with Crippen LogP contribution < -0.4 is 0 Å². The number of amides is 1. The van der Waals surface area contributed by atoms with Crippen molar-refractivity contribution in [3.8, 4) is 11.1 Å². The van der Waals surface area contributed by atoms with Crippen LogP contribution in [0.15, 0.2) is 91.0 Å². The molecule has 2 bridgehead atoms. The average Bonchev–Trinajstić information content (AvgIpc) is 2.83. The third-order valence-electron chi connectivity index (χ3n) is 6.41. The number of carbonyl (C=O) groups is 1. The highest BCUT2D eigenvalue weighted by Crippen LogP contribution is 2.40. The molecule has 0 saturated carbocycles. The van der Waals surface area contributed by atoms with E-state index in [1.54, 1.807) is 0 Å². The van der Waals surface area contributed by atoms with E-state index in [9.17, 15) is 4.79 Å². The molecule has 0 N–H and O–H groups in total. The highest BCUT2D eigenvalue weighted by Gasteiger charge is 2.38. The molecule has 3 aromatic carbocycles. The largest absolute Gasteiger partial charge is 0.445 e. The van der Waals surface area contributed by atoms with Gasteiger partial charge in [-0.1, -0.05) is 91.0 Å². The van der Waals surface area contributed by atoms with Crippen LogP contribution in [-0.2, 0) is 11.3 Å². The summed E-state index contributed by atoms with van der Waals surface area (Å²) in [6.45, 7) is 0.322. The van der Waals surface area contributed by atoms with Gasteiger partial charge in [0.25, 0.3) is 0 Å². The number of nitrogens with zero attached hydrogens (tertiary/aromatic N) is 1. The molecule has 2 aliphatic rings. The lowest BCUT2D eigenvalue weighted by atomic mass is 9.81. The maximum absolute atomic E-state index is 13.0. The van der Waals surface area contributed by atoms with Gasteiger partial charge in [0.05, 0.1) is 6.04 Å². The van der Waals surface area contributed by atoms with Crippen LogP contribution in [0, 0.1) is 0 Å². The predicted octanol–water partition coefficient (Wildman–Crippen LogP) is 6.70. The first-order valence-corrected chi connectivity index (χ1v) is 11.1. The monoisotopic (exact) mass is 409 g/mol. The van der Waals surface area contributed by atoms with Crippen molar-refractivity contribution >= 4 is 11.7 Å². The zero-order valence-corrected chi connectivity index (χ0v) is 17.6. The third-order valence-corrected chi connectivity index (χ3v) is 6.41. The Morgan fingerprint density at radius 1 is 0.839 bits per heavy atom. The first-order valence-electron chi connectivity index (χ1n) is 11.1. The van der Waals surface area contributed by atoms with Crippen molar-refractivity contribution in [1.29, 1.82) is 0 Å². The van der Waals surface area contributed by atoms with Crippen LogP contribution in [0.3, 0.4) is 0 Å². The summed E-state index contributed by atoms with van der Waals surface area (Å²) in [7, 11) is 0. The number of rotatable bonds is 4. The summed E-state index contributed by atoms with van der Waals surface area (Å²) in [5, 5.41) is 0. The molecule has 1 amide bonds. The maximum atomic E-state index is 13.0. The standard InChI is InChI=1S/C28H27NO2/c30-28(31-20-21-10-3-1-4-11-21)29-24-14-9-15-25(29)19-23(18-24)27-17-8-7-16-26(27)22-12-5-2-6-13-22/h1-8,10-13,16-18,24-25H,9,14-15,19-20H2. The summed E-state index contributed by atoms with van der Waals surface area (Å²) < 4.78 is 5.70. The Bertz CT molecular complexity index is 1070. The highest BCUT2D eigenvalue weighted by molar-refractivity contribution is 5.83. The molecule has 3 aromatic rings. The molecular formula is C28H27NO2. The van der Waals surface area contributed by atoms with Crippen LogP contribution in [0.5, 0.6) is 0 Å². The van der Waals surface area contributed by atoms with E-state index in [-0.39, 0.29) is 18.2 Å². The van der Waals surface area contributed by atoms with E-state index in [2.05, 4.69) is 60.7 Å². The zero-order chi connectivity index (χ0) is 21.0. The van der Waals surface area contributed by atoms with Crippen LogP contribution in [-0.4, -0.2) is 23.1 Å². The first-order chi connectivity index (χ1) is 15.3. The smallest absolute Gasteiger partial charge is 0.410 e. The van der Waals surface area contributed by atoms with Gasteiger partial charge in [-0.2, -0.15) is 0 Å². The number of carbonyl (C=O) groups excluding carboxylic acids is 1. The fourth-order valence-corrected chi connectivity index (χ4v) is 4.94. The van der Waals surface area contributed by atoms with Gasteiger partial charge in [-0.3, -0.25) is 4.90 Å². The number of hydrogen-bond donors (Lipinski definition) is 0. The lowest BCUT2D eigenvalue weighted by molar-refractivity contribution is 0.0510. The van der Waals surface area contributed by atoms with E-state index in [0.29, 0.717) is 6.61 Å². The topological polar surface area (TPSA) is 29.5 Å². The molecule has 31 heavy (non-hydrogen) atoms. The SMILES string of the molecule is O=C(OCc1ccccc1)N1C2C=C(c3ccccc3-c3ccccc3)CC1CCC2. The van der Waals surface area contributed by atoms with Crippen molar-refractivity contribution in [3.63, 3.8) is 0 Å². The predicted molar refractivity (Wildman–Crippen MR) is 124 cm³/mol. The van der Waals surface area contributed by atoms with E-state index in [1.165, 1.54) is 22.3 Å². The zero-order valence-electron chi connectivity index (χ0n) is 17.6. The van der Waals surface area contributed by atoms with Gasteiger partial charge in [0.15, 0.2) is 0 Å². The number of benzene rings is 3. The molecule has 0 aliphatic carbocycles. The molecule has 2 aliphatic heterocycles. The molecule has 1 fully saturated rings. The number of ether oxygens (including phenoxy) is 1. The summed E-state index contributed by atoms with van der Waals surface area (Å²) in [5.74, 6) is 0. The molecule has 5 rings (SSSR count). The minimum absolute atomic E-state index is 0.106. The summed E-state index contributed by atoms with van der Waals surface area (Å²) in [5.41, 5.74) is 6.14. The molecule has 2 heterocycles. The lowest BCUT2D eigenvalue weighted by Crippen LogP contribution is -2.51. The Labute approximate surface area is 184 Å². The molecule has 2 atom stereocenters. The second-order valence-corrected chi connectivity index (χ2v) is 8.41. The van der Waals surface area contributed by atoms with Crippen molar-refractivity contribution < 1.29 is 9.53 Å². The minimum Gasteiger partial charge on any atom is -0.445 e. The van der Waals surface area contributed by atoms with Gasteiger partial charge in [-0.25, -0.2) is 4.79 Å². The fourth-order valence-electron chi connectivity index (χ4n) is 4.94. The minimum atomic E-state index is -0.190. The summed E-state index contributed by atoms with van der Waals surface area (Å²) in [6, 6.07) is 29.4. The number of fused-ring (bicyclic) bond motifs is 2. The van der Waals surface area contributed by atoms with Crippen LogP contribution in [0.25, 0.3) is 16.7 Å². The van der Waals surface area contributed by atoms with Crippen LogP contribution in [0.1, 0.15) is 36.8 Å². The molecule has 2 unspecified atom stereocenters. The van der Waals surface area contributed by atoms with Gasteiger partial charge in [-0.05, 0) is 53.5 Å². The number of hydrogen-bond acceptors (Lipinski definition) is 2. The fraction of sp³-hybridized carbons (Fsp3) is 0.250. The third kappa shape index (κ3) is 4.13. The molecule has 3 heteroatoms. The van der Waals surface area contributed by atoms with E-state index in [4.69, 9.17) is 4.74 Å². The summed E-state index contributed by atoms with van der Waals surface area (Å²) in [6.07, 6.45) is 6.17. The molecule has 0 aromatic heterocycles. The van der Waals surface area contributed by atoms with Gasteiger partial charge in [0.2, 0.25) is 0 Å². The lowest BCUT2D eigenvalue weighted by Gasteiger charge is -2.44. The van der Waals surface area contributed by atoms with Crippen molar-refractivity contribution in [2.75, 3.05) is 0 Å². The van der Waals surface area contributed by atoms with E-state index >= 15 is 0 Å². The Morgan fingerprint density at radius 3 is 2.26 bits per heavy atom. The second-order valence-electron chi connectivity index (χ2n) is 8.41. The molecular weight excluding hydrogens is 382 g/mol. The second kappa shape index (κ2) is 8.81. The van der Waals surface area contributed by atoms with Crippen LogP contribution in [0.2, 0.25) is 0 Å². The molecule has 1 saturated heterocycles. The van der Waals surface area contributed by atoms with Crippen molar-refractivity contribution in [2.45, 2.75) is 44.4 Å². The van der Waals surface area contributed by atoms with E-state index in [1.807, 2.05) is 35.2 Å². The normalized spacial score (nSPS) is 20.1. The summed E-state index contributed by atoms with van der Waals surface area (Å²) >= 11 is 0. The molecule has 0 spiro atoms. The average molecular weight is 410 g/mol. The van der Waals surface area contributed by atoms with Gasteiger partial charge in [-0.15, -0.1) is 0 Å². The van der Waals surface area contributed by atoms with Crippen molar-refractivity contribution in [2.24, 2.45) is 0 Å². The van der Waals surface area contributed by atoms with Crippen molar-refractivity contribution in [1.82, 2.24) is 4.90 Å². The Balaban J connectivity index is 1.40. The van der Waals surface area contributed by atoms with Gasteiger partial charge in [0, 0.05) is 6.04 Å². The van der Waals surface area contributed by atoms with Crippen molar-refractivity contribution in [3.05, 3.63) is 102 Å². The quantitative estimate of drug-likeness (QED) is 0.480. The van der Waals surface area contributed by atoms with Gasteiger partial charge < -0.3 is 4.74 Å². The number of piperidine rings is 1. The highest BCUT2D eigenvalue weighted by atomic mass is 16.6. The first kappa shape index (κ1) is 19.6. The van der Waals surface area contributed by atoms with E-state index in [0.717, 1.165) is 31.2 Å². The summed E-state index contributed by atoms with van der Waals surface area (Å²) in [4.78, 5) is 15.0. The Kier molecular flexibility index (Phi) is 5.57. The Morgan fingerprint density at radius 2 is 1.52 bits per heavy atom. The molecule has 0 radical (unpaired) electrons.